The molecule has 1 fully saturated rings. The van der Waals surface area contributed by atoms with Crippen molar-refractivity contribution >= 4 is 11.4 Å². The van der Waals surface area contributed by atoms with Gasteiger partial charge in [0.2, 0.25) is 0 Å². The Balaban J connectivity index is 1.83. The van der Waals surface area contributed by atoms with Gasteiger partial charge in [0.15, 0.2) is 0 Å². The maximum Gasteiger partial charge on any atom is 0.133 e. The first-order valence-corrected chi connectivity index (χ1v) is 9.35. The highest BCUT2D eigenvalue weighted by Crippen LogP contribution is 2.52. The Bertz CT molecular complexity index is 718. The maximum atomic E-state index is 6.40. The van der Waals surface area contributed by atoms with Gasteiger partial charge in [-0.25, -0.2) is 0 Å². The largest absolute Gasteiger partial charge is 0.457 e. The Morgan fingerprint density at radius 2 is 1.24 bits per heavy atom. The van der Waals surface area contributed by atoms with Crippen molar-refractivity contribution in [2.24, 2.45) is 5.92 Å². The second kappa shape index (κ2) is 6.29. The second-order valence-electron chi connectivity index (χ2n) is 7.86. The monoisotopic (exact) mass is 336 g/mol. The third-order valence-corrected chi connectivity index (χ3v) is 5.79. The summed E-state index contributed by atoms with van der Waals surface area (Å²) in [7, 11) is 8.32. The predicted octanol–water partition coefficient (Wildman–Crippen LogP) is 5.25. The van der Waals surface area contributed by atoms with Crippen molar-refractivity contribution in [3.63, 3.8) is 0 Å². The molecule has 1 saturated carbocycles. The molecule has 132 valence electrons. The molecule has 2 aromatic carbocycles. The lowest BCUT2D eigenvalue weighted by Gasteiger charge is -2.33. The molecule has 2 aliphatic rings. The average molecular weight is 336 g/mol. The van der Waals surface area contributed by atoms with Crippen molar-refractivity contribution in [2.75, 3.05) is 38.0 Å². The minimum Gasteiger partial charge on any atom is -0.457 e. The smallest absolute Gasteiger partial charge is 0.133 e. The molecule has 1 aliphatic carbocycles. The summed E-state index contributed by atoms with van der Waals surface area (Å²) in [5.74, 6) is 3.27. The molecule has 3 nitrogen and oxygen atoms in total. The van der Waals surface area contributed by atoms with Gasteiger partial charge in [0.05, 0.1) is 0 Å². The molecule has 3 heteroatoms. The summed E-state index contributed by atoms with van der Waals surface area (Å²) < 4.78 is 6.40. The van der Waals surface area contributed by atoms with Gasteiger partial charge in [-0.1, -0.05) is 25.0 Å². The fourth-order valence-electron chi connectivity index (χ4n) is 4.38. The molecule has 0 spiro atoms. The summed E-state index contributed by atoms with van der Waals surface area (Å²) in [5.41, 5.74) is 5.11. The third-order valence-electron chi connectivity index (χ3n) is 5.79. The highest BCUT2D eigenvalue weighted by Gasteiger charge is 2.35. The molecule has 4 rings (SSSR count). The van der Waals surface area contributed by atoms with Crippen molar-refractivity contribution in [1.82, 2.24) is 0 Å². The van der Waals surface area contributed by atoms with E-state index in [1.54, 1.807) is 0 Å². The van der Waals surface area contributed by atoms with E-state index < -0.39 is 0 Å². The van der Waals surface area contributed by atoms with Crippen molar-refractivity contribution < 1.29 is 4.74 Å². The number of benzene rings is 2. The van der Waals surface area contributed by atoms with Crippen LogP contribution in [0.15, 0.2) is 36.4 Å². The van der Waals surface area contributed by atoms with E-state index >= 15 is 0 Å². The topological polar surface area (TPSA) is 15.7 Å². The average Bonchev–Trinajstić information content (AvgIpc) is 3.12. The standard InChI is InChI=1S/C22H28N2O/c1-23(2)16-9-11-18-20(13-16)25-21-14-17(24(3)4)10-12-19(21)22(18)15-7-5-6-8-15/h9-15,22H,5-8H2,1-4H3. The lowest BCUT2D eigenvalue weighted by Crippen LogP contribution is -2.19. The number of hydrogen-bond donors (Lipinski definition) is 0. The normalized spacial score (nSPS) is 17.0. The van der Waals surface area contributed by atoms with Crippen LogP contribution in [0.1, 0.15) is 42.7 Å². The SMILES string of the molecule is CN(C)c1ccc2c(c1)Oc1cc(N(C)C)ccc1C2C1CCCC1. The van der Waals surface area contributed by atoms with E-state index in [9.17, 15) is 0 Å². The molecule has 0 bridgehead atoms. The summed E-state index contributed by atoms with van der Waals surface area (Å²) in [5, 5.41) is 0. The molecule has 1 aliphatic heterocycles. The highest BCUT2D eigenvalue weighted by molar-refractivity contribution is 5.63. The summed E-state index contributed by atoms with van der Waals surface area (Å²) in [4.78, 5) is 4.28. The number of fused-ring (bicyclic) bond motifs is 2. The molecule has 1 heterocycles. The first-order valence-electron chi connectivity index (χ1n) is 9.35. The minimum absolute atomic E-state index is 0.466. The maximum absolute atomic E-state index is 6.40. The van der Waals surface area contributed by atoms with E-state index in [4.69, 9.17) is 4.74 Å². The molecule has 0 radical (unpaired) electrons. The zero-order valence-corrected chi connectivity index (χ0v) is 15.7. The number of anilines is 2. The zero-order chi connectivity index (χ0) is 17.6. The number of nitrogens with zero attached hydrogens (tertiary/aromatic N) is 2. The quantitative estimate of drug-likeness (QED) is 0.761. The van der Waals surface area contributed by atoms with Crippen molar-refractivity contribution in [2.45, 2.75) is 31.6 Å². The summed E-state index contributed by atoms with van der Waals surface area (Å²) >= 11 is 0. The lowest BCUT2D eigenvalue weighted by molar-refractivity contribution is 0.399. The molecule has 0 aromatic heterocycles. The van der Waals surface area contributed by atoms with Crippen LogP contribution < -0.4 is 14.5 Å². The van der Waals surface area contributed by atoms with Gasteiger partial charge in [-0.2, -0.15) is 0 Å². The van der Waals surface area contributed by atoms with E-state index in [1.165, 1.54) is 48.2 Å². The Morgan fingerprint density at radius 1 is 0.760 bits per heavy atom. The van der Waals surface area contributed by atoms with Gasteiger partial charge in [-0.05, 0) is 30.9 Å². The van der Waals surface area contributed by atoms with E-state index in [0.29, 0.717) is 5.92 Å². The molecular formula is C22H28N2O. The van der Waals surface area contributed by atoms with Crippen molar-refractivity contribution in [3.05, 3.63) is 47.5 Å². The number of ether oxygens (including phenoxy) is 1. The molecule has 0 amide bonds. The van der Waals surface area contributed by atoms with E-state index in [2.05, 4.69) is 74.4 Å². The van der Waals surface area contributed by atoms with Crippen LogP contribution in [-0.4, -0.2) is 28.2 Å². The van der Waals surface area contributed by atoms with Gasteiger partial charge in [0, 0.05) is 68.7 Å². The molecule has 0 saturated heterocycles. The fraction of sp³-hybridized carbons (Fsp3) is 0.455. The van der Waals surface area contributed by atoms with E-state index in [1.807, 2.05) is 0 Å². The third kappa shape index (κ3) is 2.86. The molecule has 25 heavy (non-hydrogen) atoms. The van der Waals surface area contributed by atoms with Crippen LogP contribution in [0.5, 0.6) is 11.5 Å². The summed E-state index contributed by atoms with van der Waals surface area (Å²) in [6.45, 7) is 0. The number of hydrogen-bond acceptors (Lipinski definition) is 3. The van der Waals surface area contributed by atoms with Crippen LogP contribution in [0.25, 0.3) is 0 Å². The van der Waals surface area contributed by atoms with Gasteiger partial charge in [-0.15, -0.1) is 0 Å². The molecular weight excluding hydrogens is 308 g/mol. The Kier molecular flexibility index (Phi) is 4.10. The number of rotatable bonds is 3. The van der Waals surface area contributed by atoms with Gasteiger partial charge in [-0.3, -0.25) is 0 Å². The summed E-state index contributed by atoms with van der Waals surface area (Å²) in [6, 6.07) is 13.4. The van der Waals surface area contributed by atoms with Gasteiger partial charge in [0.25, 0.3) is 0 Å². The Labute approximate surface area is 151 Å². The predicted molar refractivity (Wildman–Crippen MR) is 105 cm³/mol. The van der Waals surface area contributed by atoms with Crippen LogP contribution in [0.4, 0.5) is 11.4 Å². The second-order valence-corrected chi connectivity index (χ2v) is 7.86. The molecule has 0 atom stereocenters. The van der Waals surface area contributed by atoms with Crippen LogP contribution >= 0.6 is 0 Å². The Hall–Kier alpha value is -2.16. The van der Waals surface area contributed by atoms with Crippen LogP contribution in [0, 0.1) is 5.92 Å². The summed E-state index contributed by atoms with van der Waals surface area (Å²) in [6.07, 6.45) is 5.37. The van der Waals surface area contributed by atoms with Crippen LogP contribution in [0.3, 0.4) is 0 Å². The van der Waals surface area contributed by atoms with Gasteiger partial charge in [0.1, 0.15) is 11.5 Å². The van der Waals surface area contributed by atoms with E-state index in [-0.39, 0.29) is 0 Å². The zero-order valence-electron chi connectivity index (χ0n) is 15.7. The minimum atomic E-state index is 0.466. The van der Waals surface area contributed by atoms with Gasteiger partial charge >= 0.3 is 0 Å². The molecule has 2 aromatic rings. The lowest BCUT2D eigenvalue weighted by atomic mass is 9.77. The van der Waals surface area contributed by atoms with Gasteiger partial charge < -0.3 is 14.5 Å². The van der Waals surface area contributed by atoms with Crippen molar-refractivity contribution in [1.29, 1.82) is 0 Å². The Morgan fingerprint density at radius 3 is 1.68 bits per heavy atom. The van der Waals surface area contributed by atoms with Crippen LogP contribution in [-0.2, 0) is 0 Å². The first kappa shape index (κ1) is 16.3. The highest BCUT2D eigenvalue weighted by atomic mass is 16.5. The van der Waals surface area contributed by atoms with E-state index in [0.717, 1.165) is 17.4 Å². The van der Waals surface area contributed by atoms with Crippen molar-refractivity contribution in [3.8, 4) is 11.5 Å². The first-order chi connectivity index (χ1) is 12.0. The van der Waals surface area contributed by atoms with Crippen LogP contribution in [0.2, 0.25) is 0 Å². The molecule has 0 N–H and O–H groups in total. The molecule has 0 unspecified atom stereocenters. The fourth-order valence-corrected chi connectivity index (χ4v) is 4.38.